The van der Waals surface area contributed by atoms with E-state index in [1.165, 1.54) is 0 Å². The molecule has 5 heteroatoms. The molecular weight excluding hydrogens is 310 g/mol. The van der Waals surface area contributed by atoms with Gasteiger partial charge in [-0.05, 0) is 36.8 Å². The van der Waals surface area contributed by atoms with Crippen LogP contribution in [0.1, 0.15) is 18.3 Å². The van der Waals surface area contributed by atoms with Crippen molar-refractivity contribution >= 4 is 28.5 Å². The Hall–Kier alpha value is -2.33. The number of hydrogen-bond acceptors (Lipinski definition) is 2. The topological polar surface area (TPSA) is 46.9 Å². The molecule has 0 aliphatic rings. The number of rotatable bonds is 5. The highest BCUT2D eigenvalue weighted by molar-refractivity contribution is 6.30. The fraction of sp³-hybridized carbons (Fsp3) is 0.222. The molecule has 1 aromatic heterocycles. The zero-order valence-electron chi connectivity index (χ0n) is 12.9. The summed E-state index contributed by atoms with van der Waals surface area (Å²) in [5.41, 5.74) is 2.99. The van der Waals surface area contributed by atoms with Crippen molar-refractivity contribution in [2.24, 2.45) is 0 Å². The fourth-order valence-electron chi connectivity index (χ4n) is 2.62. The second kappa shape index (κ2) is 6.84. The van der Waals surface area contributed by atoms with Gasteiger partial charge in [-0.25, -0.2) is 4.98 Å². The second-order valence-corrected chi connectivity index (χ2v) is 5.80. The normalized spacial score (nSPS) is 10.9. The van der Waals surface area contributed by atoms with Gasteiger partial charge in [0.15, 0.2) is 0 Å². The standard InChI is InChI=1S/C18H18ClN3O/c1-2-20-18(23)12-22-16-6-4-3-5-15(16)21-17(22)11-13-7-9-14(19)10-8-13/h3-10H,2,11-12H2,1H3,(H,20,23). The number of nitrogens with one attached hydrogen (secondary N) is 1. The largest absolute Gasteiger partial charge is 0.355 e. The molecular formula is C18H18ClN3O. The van der Waals surface area contributed by atoms with Crippen LogP contribution in [0.15, 0.2) is 48.5 Å². The van der Waals surface area contributed by atoms with Crippen LogP contribution in [0.2, 0.25) is 5.02 Å². The van der Waals surface area contributed by atoms with Crippen LogP contribution in [0.4, 0.5) is 0 Å². The maximum atomic E-state index is 12.0. The molecule has 0 saturated carbocycles. The van der Waals surface area contributed by atoms with Gasteiger partial charge in [-0.2, -0.15) is 0 Å². The third-order valence-corrected chi connectivity index (χ3v) is 3.94. The monoisotopic (exact) mass is 327 g/mol. The molecule has 4 nitrogen and oxygen atoms in total. The lowest BCUT2D eigenvalue weighted by molar-refractivity contribution is -0.121. The Morgan fingerprint density at radius 2 is 1.91 bits per heavy atom. The van der Waals surface area contributed by atoms with E-state index in [1.807, 2.05) is 60.0 Å². The van der Waals surface area contributed by atoms with Gasteiger partial charge in [-0.1, -0.05) is 35.9 Å². The third-order valence-electron chi connectivity index (χ3n) is 3.68. The number of imidazole rings is 1. The lowest BCUT2D eigenvalue weighted by atomic mass is 10.1. The smallest absolute Gasteiger partial charge is 0.239 e. The zero-order chi connectivity index (χ0) is 16.2. The molecule has 0 aliphatic heterocycles. The molecule has 118 valence electrons. The molecule has 0 spiro atoms. The number of carbonyl (C=O) groups excluding carboxylic acids is 1. The number of hydrogen-bond donors (Lipinski definition) is 1. The van der Waals surface area contributed by atoms with Crippen LogP contribution >= 0.6 is 11.6 Å². The van der Waals surface area contributed by atoms with Crippen molar-refractivity contribution in [1.29, 1.82) is 0 Å². The summed E-state index contributed by atoms with van der Waals surface area (Å²) in [7, 11) is 0. The predicted octanol–water partition coefficient (Wildman–Crippen LogP) is 3.42. The summed E-state index contributed by atoms with van der Waals surface area (Å²) in [5, 5.41) is 3.55. The van der Waals surface area contributed by atoms with Gasteiger partial charge in [0.05, 0.1) is 11.0 Å². The number of amides is 1. The second-order valence-electron chi connectivity index (χ2n) is 5.36. The third kappa shape index (κ3) is 3.54. The molecule has 1 heterocycles. The Labute approximate surface area is 140 Å². The van der Waals surface area contributed by atoms with Crippen molar-refractivity contribution in [3.8, 4) is 0 Å². The van der Waals surface area contributed by atoms with Gasteiger partial charge in [-0.3, -0.25) is 4.79 Å². The van der Waals surface area contributed by atoms with Crippen LogP contribution in [0.25, 0.3) is 11.0 Å². The van der Waals surface area contributed by atoms with Crippen LogP contribution in [0.5, 0.6) is 0 Å². The van der Waals surface area contributed by atoms with E-state index in [-0.39, 0.29) is 12.5 Å². The van der Waals surface area contributed by atoms with Crippen molar-refractivity contribution < 1.29 is 4.79 Å². The highest BCUT2D eigenvalue weighted by Gasteiger charge is 2.13. The lowest BCUT2D eigenvalue weighted by Gasteiger charge is -2.09. The summed E-state index contributed by atoms with van der Waals surface area (Å²) < 4.78 is 1.98. The Morgan fingerprint density at radius 1 is 1.17 bits per heavy atom. The highest BCUT2D eigenvalue weighted by Crippen LogP contribution is 2.19. The first-order chi connectivity index (χ1) is 11.2. The first-order valence-electron chi connectivity index (χ1n) is 7.62. The van der Waals surface area contributed by atoms with Crippen molar-refractivity contribution in [3.05, 3.63) is 64.9 Å². The molecule has 23 heavy (non-hydrogen) atoms. The highest BCUT2D eigenvalue weighted by atomic mass is 35.5. The van der Waals surface area contributed by atoms with Crippen molar-refractivity contribution in [2.45, 2.75) is 19.9 Å². The number of aromatic nitrogens is 2. The van der Waals surface area contributed by atoms with E-state index in [9.17, 15) is 4.79 Å². The SMILES string of the molecule is CCNC(=O)Cn1c(Cc2ccc(Cl)cc2)nc2ccccc21. The molecule has 2 aromatic carbocycles. The molecule has 1 N–H and O–H groups in total. The van der Waals surface area contributed by atoms with Crippen LogP contribution in [-0.2, 0) is 17.8 Å². The van der Waals surface area contributed by atoms with E-state index >= 15 is 0 Å². The average Bonchev–Trinajstić information content (AvgIpc) is 2.88. The number of para-hydroxylation sites is 2. The van der Waals surface area contributed by atoms with E-state index in [4.69, 9.17) is 16.6 Å². The van der Waals surface area contributed by atoms with Crippen LogP contribution in [-0.4, -0.2) is 22.0 Å². The number of fused-ring (bicyclic) bond motifs is 1. The van der Waals surface area contributed by atoms with Gasteiger partial charge in [0.1, 0.15) is 12.4 Å². The maximum Gasteiger partial charge on any atom is 0.239 e. The average molecular weight is 328 g/mol. The summed E-state index contributed by atoms with van der Waals surface area (Å²) in [6, 6.07) is 15.6. The molecule has 0 atom stereocenters. The van der Waals surface area contributed by atoms with Crippen molar-refractivity contribution in [3.63, 3.8) is 0 Å². The van der Waals surface area contributed by atoms with Gasteiger partial charge in [0.25, 0.3) is 0 Å². The minimum Gasteiger partial charge on any atom is -0.355 e. The predicted molar refractivity (Wildman–Crippen MR) is 92.7 cm³/mol. The summed E-state index contributed by atoms with van der Waals surface area (Å²) in [5.74, 6) is 0.868. The summed E-state index contributed by atoms with van der Waals surface area (Å²) in [6.45, 7) is 2.81. The number of likely N-dealkylation sites (N-methyl/N-ethyl adjacent to an activating group) is 1. The van der Waals surface area contributed by atoms with Crippen LogP contribution in [0, 0.1) is 0 Å². The molecule has 0 aliphatic carbocycles. The Kier molecular flexibility index (Phi) is 4.63. The first-order valence-corrected chi connectivity index (χ1v) is 8.00. The van der Waals surface area contributed by atoms with Gasteiger partial charge in [0, 0.05) is 18.0 Å². The van der Waals surface area contributed by atoms with E-state index in [2.05, 4.69) is 5.32 Å². The minimum absolute atomic E-state index is 0.00647. The molecule has 3 aromatic rings. The molecule has 0 saturated heterocycles. The van der Waals surface area contributed by atoms with E-state index in [1.54, 1.807) is 0 Å². The van der Waals surface area contributed by atoms with E-state index in [0.29, 0.717) is 18.0 Å². The van der Waals surface area contributed by atoms with Gasteiger partial charge in [-0.15, -0.1) is 0 Å². The summed E-state index contributed by atoms with van der Waals surface area (Å²) in [6.07, 6.45) is 0.658. The van der Waals surface area contributed by atoms with Gasteiger partial charge < -0.3 is 9.88 Å². The molecule has 0 radical (unpaired) electrons. The van der Waals surface area contributed by atoms with Crippen LogP contribution < -0.4 is 5.32 Å². The van der Waals surface area contributed by atoms with Crippen molar-refractivity contribution in [2.75, 3.05) is 6.54 Å². The first kappa shape index (κ1) is 15.6. The number of nitrogens with zero attached hydrogens (tertiary/aromatic N) is 2. The molecule has 1 amide bonds. The summed E-state index contributed by atoms with van der Waals surface area (Å²) >= 11 is 5.94. The maximum absolute atomic E-state index is 12.0. The van der Waals surface area contributed by atoms with Crippen LogP contribution in [0.3, 0.4) is 0 Å². The number of benzene rings is 2. The number of halogens is 1. The molecule has 0 unspecified atom stereocenters. The Balaban J connectivity index is 1.97. The van der Waals surface area contributed by atoms with Gasteiger partial charge in [0.2, 0.25) is 5.91 Å². The number of carbonyl (C=O) groups is 1. The summed E-state index contributed by atoms with van der Waals surface area (Å²) in [4.78, 5) is 16.7. The molecule has 0 fully saturated rings. The van der Waals surface area contributed by atoms with Crippen molar-refractivity contribution in [1.82, 2.24) is 14.9 Å². The minimum atomic E-state index is -0.00647. The fourth-order valence-corrected chi connectivity index (χ4v) is 2.74. The quantitative estimate of drug-likeness (QED) is 0.780. The molecule has 3 rings (SSSR count). The molecule has 0 bridgehead atoms. The van der Waals surface area contributed by atoms with Gasteiger partial charge >= 0.3 is 0 Å². The van der Waals surface area contributed by atoms with E-state index < -0.39 is 0 Å². The lowest BCUT2D eigenvalue weighted by Crippen LogP contribution is -2.27. The Morgan fingerprint density at radius 3 is 2.65 bits per heavy atom. The Bertz CT molecular complexity index is 824. The zero-order valence-corrected chi connectivity index (χ0v) is 13.7. The van der Waals surface area contributed by atoms with E-state index in [0.717, 1.165) is 22.4 Å².